The van der Waals surface area contributed by atoms with Gasteiger partial charge in [0.1, 0.15) is 10.7 Å². The lowest BCUT2D eigenvalue weighted by Crippen LogP contribution is -2.35. The van der Waals surface area contributed by atoms with Gasteiger partial charge in [0, 0.05) is 24.8 Å². The van der Waals surface area contributed by atoms with Gasteiger partial charge in [-0.3, -0.25) is 14.4 Å². The number of aryl methyl sites for hydroxylation is 3. The minimum absolute atomic E-state index is 0.120. The van der Waals surface area contributed by atoms with Crippen molar-refractivity contribution in [3.05, 3.63) is 26.6 Å². The Labute approximate surface area is 131 Å². The van der Waals surface area contributed by atoms with E-state index >= 15 is 0 Å². The summed E-state index contributed by atoms with van der Waals surface area (Å²) in [4.78, 5) is 44.9. The van der Waals surface area contributed by atoms with Crippen LogP contribution in [0.25, 0.3) is 10.2 Å². The Kier molecular flexibility index (Phi) is 4.60. The third-order valence-electron chi connectivity index (χ3n) is 3.48. The van der Waals surface area contributed by atoms with Crippen LogP contribution in [0.2, 0.25) is 0 Å². The highest BCUT2D eigenvalue weighted by Crippen LogP contribution is 2.25. The zero-order valence-corrected chi connectivity index (χ0v) is 13.5. The first-order valence-electron chi connectivity index (χ1n) is 6.80. The Morgan fingerprint density at radius 2 is 2.05 bits per heavy atom. The summed E-state index contributed by atoms with van der Waals surface area (Å²) in [6, 6.07) is 0. The molecular formula is C14H18N4O3S. The standard InChI is InChI=1S/C14H18N4O3S/c1-7-8(2)22-14-12(7)13(21)16-10(17-14)4-5-11(20)18(3)6-9(15)19/h4-6H2,1-3H3,(H2,15,19)(H,16,17,21). The number of hydrogen-bond donors (Lipinski definition) is 2. The van der Waals surface area contributed by atoms with Crippen molar-refractivity contribution in [2.75, 3.05) is 13.6 Å². The predicted octanol–water partition coefficient (Wildman–Crippen LogP) is 0.478. The van der Waals surface area contributed by atoms with Gasteiger partial charge in [0.15, 0.2) is 0 Å². The summed E-state index contributed by atoms with van der Waals surface area (Å²) in [5.41, 5.74) is 5.81. The van der Waals surface area contributed by atoms with Gasteiger partial charge in [-0.25, -0.2) is 4.98 Å². The van der Waals surface area contributed by atoms with Gasteiger partial charge in [0.25, 0.3) is 5.56 Å². The van der Waals surface area contributed by atoms with Gasteiger partial charge in [0.2, 0.25) is 11.8 Å². The van der Waals surface area contributed by atoms with Crippen LogP contribution in [0.15, 0.2) is 4.79 Å². The second-order valence-electron chi connectivity index (χ2n) is 5.19. The van der Waals surface area contributed by atoms with Crippen LogP contribution in [0, 0.1) is 13.8 Å². The van der Waals surface area contributed by atoms with Crippen LogP contribution in [-0.2, 0) is 16.0 Å². The van der Waals surface area contributed by atoms with Crippen molar-refractivity contribution >= 4 is 33.4 Å². The molecule has 2 heterocycles. The molecule has 2 aromatic heterocycles. The van der Waals surface area contributed by atoms with E-state index in [2.05, 4.69) is 9.97 Å². The number of aromatic amines is 1. The molecule has 0 atom stereocenters. The molecule has 0 saturated heterocycles. The summed E-state index contributed by atoms with van der Waals surface area (Å²) in [5.74, 6) is -0.312. The van der Waals surface area contributed by atoms with Crippen LogP contribution >= 0.6 is 11.3 Å². The zero-order valence-electron chi connectivity index (χ0n) is 12.7. The predicted molar refractivity (Wildman–Crippen MR) is 84.9 cm³/mol. The Morgan fingerprint density at radius 1 is 1.36 bits per heavy atom. The van der Waals surface area contributed by atoms with Crippen LogP contribution in [-0.4, -0.2) is 40.3 Å². The van der Waals surface area contributed by atoms with E-state index < -0.39 is 5.91 Å². The third kappa shape index (κ3) is 3.33. The Morgan fingerprint density at radius 3 is 2.68 bits per heavy atom. The summed E-state index contributed by atoms with van der Waals surface area (Å²) < 4.78 is 0. The SMILES string of the molecule is Cc1sc2nc(CCC(=O)N(C)CC(N)=O)[nH]c(=O)c2c1C. The van der Waals surface area contributed by atoms with Gasteiger partial charge in [-0.15, -0.1) is 11.3 Å². The van der Waals surface area contributed by atoms with E-state index in [1.807, 2.05) is 13.8 Å². The maximum atomic E-state index is 12.1. The molecule has 0 unspecified atom stereocenters. The molecule has 2 rings (SSSR count). The van der Waals surface area contributed by atoms with Crippen molar-refractivity contribution in [3.63, 3.8) is 0 Å². The number of nitrogens with one attached hydrogen (secondary N) is 1. The molecule has 22 heavy (non-hydrogen) atoms. The molecule has 3 N–H and O–H groups in total. The lowest BCUT2D eigenvalue weighted by atomic mass is 10.2. The molecule has 0 saturated carbocycles. The first-order chi connectivity index (χ1) is 10.3. The van der Waals surface area contributed by atoms with E-state index in [9.17, 15) is 14.4 Å². The van der Waals surface area contributed by atoms with Gasteiger partial charge >= 0.3 is 0 Å². The first kappa shape index (κ1) is 16.2. The number of primary amides is 1. The van der Waals surface area contributed by atoms with Gasteiger partial charge < -0.3 is 15.6 Å². The highest BCUT2D eigenvalue weighted by atomic mass is 32.1. The number of fused-ring (bicyclic) bond motifs is 1. The Bertz CT molecular complexity index is 793. The van der Waals surface area contributed by atoms with Crippen LogP contribution in [0.3, 0.4) is 0 Å². The van der Waals surface area contributed by atoms with E-state index in [1.165, 1.54) is 23.3 Å². The number of hydrogen-bond acceptors (Lipinski definition) is 5. The largest absolute Gasteiger partial charge is 0.368 e. The summed E-state index contributed by atoms with van der Waals surface area (Å²) in [6.07, 6.45) is 0.463. The van der Waals surface area contributed by atoms with Crippen molar-refractivity contribution < 1.29 is 9.59 Å². The highest BCUT2D eigenvalue weighted by Gasteiger charge is 2.14. The van der Waals surface area contributed by atoms with E-state index in [0.29, 0.717) is 22.5 Å². The number of aromatic nitrogens is 2. The maximum Gasteiger partial charge on any atom is 0.259 e. The van der Waals surface area contributed by atoms with Crippen molar-refractivity contribution in [2.45, 2.75) is 26.7 Å². The number of rotatable bonds is 5. The monoisotopic (exact) mass is 322 g/mol. The minimum atomic E-state index is -0.562. The molecule has 0 aliphatic heterocycles. The van der Waals surface area contributed by atoms with Crippen LogP contribution in [0.5, 0.6) is 0 Å². The second kappa shape index (κ2) is 6.27. The fraction of sp³-hybridized carbons (Fsp3) is 0.429. The molecule has 0 fully saturated rings. The van der Waals surface area contributed by atoms with Gasteiger partial charge in [-0.2, -0.15) is 0 Å². The lowest BCUT2D eigenvalue weighted by Gasteiger charge is -2.14. The number of likely N-dealkylation sites (N-methyl/N-ethyl adjacent to an activating group) is 1. The first-order valence-corrected chi connectivity index (χ1v) is 7.62. The third-order valence-corrected chi connectivity index (χ3v) is 4.58. The number of H-pyrrole nitrogens is 1. The molecule has 2 amide bonds. The smallest absolute Gasteiger partial charge is 0.259 e. The molecule has 8 heteroatoms. The van der Waals surface area contributed by atoms with Crippen molar-refractivity contribution in [2.24, 2.45) is 5.73 Å². The molecule has 7 nitrogen and oxygen atoms in total. The number of carbonyl (C=O) groups is 2. The molecule has 0 radical (unpaired) electrons. The fourth-order valence-corrected chi connectivity index (χ4v) is 3.20. The van der Waals surface area contributed by atoms with Gasteiger partial charge in [0.05, 0.1) is 11.9 Å². The fourth-order valence-electron chi connectivity index (χ4n) is 2.16. The second-order valence-corrected chi connectivity index (χ2v) is 6.40. The summed E-state index contributed by atoms with van der Waals surface area (Å²) >= 11 is 1.47. The number of thiophene rings is 1. The molecule has 0 spiro atoms. The number of nitrogens with two attached hydrogens (primary N) is 1. The average molecular weight is 322 g/mol. The van der Waals surface area contributed by atoms with E-state index in [-0.39, 0.29) is 24.4 Å². The van der Waals surface area contributed by atoms with Gasteiger partial charge in [-0.05, 0) is 19.4 Å². The summed E-state index contributed by atoms with van der Waals surface area (Å²) in [5, 5.41) is 0.614. The molecule has 0 aromatic carbocycles. The molecule has 2 aromatic rings. The minimum Gasteiger partial charge on any atom is -0.368 e. The molecule has 0 bridgehead atoms. The van der Waals surface area contributed by atoms with Crippen LogP contribution in [0.4, 0.5) is 0 Å². The van der Waals surface area contributed by atoms with E-state index in [1.54, 1.807) is 0 Å². The number of amides is 2. The van der Waals surface area contributed by atoms with E-state index in [0.717, 1.165) is 10.4 Å². The molecule has 0 aliphatic rings. The molecule has 118 valence electrons. The topological polar surface area (TPSA) is 109 Å². The van der Waals surface area contributed by atoms with Crippen molar-refractivity contribution in [3.8, 4) is 0 Å². The number of nitrogens with zero attached hydrogens (tertiary/aromatic N) is 2. The number of carbonyl (C=O) groups excluding carboxylic acids is 2. The average Bonchev–Trinajstić information content (AvgIpc) is 2.70. The zero-order chi connectivity index (χ0) is 16.4. The Hall–Kier alpha value is -2.22. The van der Waals surface area contributed by atoms with Crippen molar-refractivity contribution in [1.82, 2.24) is 14.9 Å². The van der Waals surface area contributed by atoms with Gasteiger partial charge in [-0.1, -0.05) is 0 Å². The maximum absolute atomic E-state index is 12.1. The van der Waals surface area contributed by atoms with Crippen molar-refractivity contribution in [1.29, 1.82) is 0 Å². The normalized spacial score (nSPS) is 10.9. The molecule has 0 aliphatic carbocycles. The summed E-state index contributed by atoms with van der Waals surface area (Å²) in [6.45, 7) is 3.72. The lowest BCUT2D eigenvalue weighted by molar-refractivity contribution is -0.133. The Balaban J connectivity index is 2.14. The van der Waals surface area contributed by atoms with Crippen LogP contribution in [0.1, 0.15) is 22.7 Å². The molecular weight excluding hydrogens is 304 g/mol. The quantitative estimate of drug-likeness (QED) is 0.834. The summed E-state index contributed by atoms with van der Waals surface area (Å²) in [7, 11) is 1.51. The van der Waals surface area contributed by atoms with Crippen LogP contribution < -0.4 is 11.3 Å². The van der Waals surface area contributed by atoms with E-state index in [4.69, 9.17) is 5.73 Å². The highest BCUT2D eigenvalue weighted by molar-refractivity contribution is 7.18.